The van der Waals surface area contributed by atoms with E-state index in [2.05, 4.69) is 58.9 Å². The Balaban J connectivity index is 1.47. The van der Waals surface area contributed by atoms with Gasteiger partial charge in [-0.3, -0.25) is 4.90 Å². The zero-order chi connectivity index (χ0) is 19.2. The van der Waals surface area contributed by atoms with E-state index in [0.29, 0.717) is 6.61 Å². The van der Waals surface area contributed by atoms with Crippen molar-refractivity contribution in [1.82, 2.24) is 4.90 Å². The summed E-state index contributed by atoms with van der Waals surface area (Å²) < 4.78 is 7.74. The van der Waals surface area contributed by atoms with Gasteiger partial charge in [0.25, 0.3) is 0 Å². The standard InChI is InChI=1S/C19H21Br2ClN4O/c20-17-11-14(13-24-23)12-18(21)19(17)27-10-9-25-5-7-26(8-6-25)16-3-1-15(22)2-4-16/h1-4,11-13H,5-10,23H2. The fourth-order valence-electron chi connectivity index (χ4n) is 3.04. The molecule has 1 heterocycles. The first-order chi connectivity index (χ1) is 13.1. The Kier molecular flexibility index (Phi) is 7.41. The van der Waals surface area contributed by atoms with E-state index < -0.39 is 0 Å². The van der Waals surface area contributed by atoms with Crippen molar-refractivity contribution >= 4 is 55.4 Å². The van der Waals surface area contributed by atoms with Crippen molar-refractivity contribution in [3.8, 4) is 5.75 Å². The number of ether oxygens (including phenoxy) is 1. The van der Waals surface area contributed by atoms with Gasteiger partial charge in [0.1, 0.15) is 12.4 Å². The molecular formula is C19H21Br2ClN4O. The summed E-state index contributed by atoms with van der Waals surface area (Å²) in [5.74, 6) is 6.00. The predicted molar refractivity (Wildman–Crippen MR) is 119 cm³/mol. The van der Waals surface area contributed by atoms with E-state index in [-0.39, 0.29) is 0 Å². The molecule has 1 aliphatic rings. The van der Waals surface area contributed by atoms with Crippen molar-refractivity contribution in [3.05, 3.63) is 55.9 Å². The molecule has 2 N–H and O–H groups in total. The molecule has 0 amide bonds. The minimum absolute atomic E-state index is 0.627. The van der Waals surface area contributed by atoms with Crippen LogP contribution in [0.25, 0.3) is 0 Å². The van der Waals surface area contributed by atoms with Crippen molar-refractivity contribution in [2.24, 2.45) is 10.9 Å². The molecule has 144 valence electrons. The summed E-state index contributed by atoms with van der Waals surface area (Å²) in [7, 11) is 0. The van der Waals surface area contributed by atoms with E-state index in [1.54, 1.807) is 6.21 Å². The second-order valence-corrected chi connectivity index (χ2v) is 8.39. The van der Waals surface area contributed by atoms with Crippen LogP contribution in [0.1, 0.15) is 5.56 Å². The van der Waals surface area contributed by atoms with E-state index in [1.807, 2.05) is 24.3 Å². The van der Waals surface area contributed by atoms with Crippen molar-refractivity contribution in [2.75, 3.05) is 44.2 Å². The van der Waals surface area contributed by atoms with Gasteiger partial charge in [0, 0.05) is 43.4 Å². The van der Waals surface area contributed by atoms with Crippen LogP contribution in [0.15, 0.2) is 50.4 Å². The normalized spacial score (nSPS) is 15.4. The fourth-order valence-corrected chi connectivity index (χ4v) is 4.61. The van der Waals surface area contributed by atoms with Crippen LogP contribution < -0.4 is 15.5 Å². The zero-order valence-corrected chi connectivity index (χ0v) is 18.7. The summed E-state index contributed by atoms with van der Waals surface area (Å²) in [5, 5.41) is 4.32. The Morgan fingerprint density at radius 3 is 2.30 bits per heavy atom. The molecule has 2 aromatic carbocycles. The van der Waals surface area contributed by atoms with Crippen LogP contribution in [0.3, 0.4) is 0 Å². The van der Waals surface area contributed by atoms with Crippen LogP contribution in [0.2, 0.25) is 5.02 Å². The van der Waals surface area contributed by atoms with E-state index in [1.165, 1.54) is 5.69 Å². The lowest BCUT2D eigenvalue weighted by Crippen LogP contribution is -2.47. The lowest BCUT2D eigenvalue weighted by atomic mass is 10.2. The summed E-state index contributed by atoms with van der Waals surface area (Å²) in [6.07, 6.45) is 1.60. The van der Waals surface area contributed by atoms with Crippen LogP contribution in [0.5, 0.6) is 5.75 Å². The van der Waals surface area contributed by atoms with Gasteiger partial charge in [0.05, 0.1) is 15.2 Å². The molecule has 0 saturated carbocycles. The summed E-state index contributed by atoms with van der Waals surface area (Å²) >= 11 is 13.1. The highest BCUT2D eigenvalue weighted by molar-refractivity contribution is 9.11. The molecular weight excluding hydrogens is 495 g/mol. The summed E-state index contributed by atoms with van der Waals surface area (Å²) in [6, 6.07) is 11.9. The maximum Gasteiger partial charge on any atom is 0.147 e. The fraction of sp³-hybridized carbons (Fsp3) is 0.316. The molecule has 27 heavy (non-hydrogen) atoms. The van der Waals surface area contributed by atoms with Crippen molar-refractivity contribution in [2.45, 2.75) is 0 Å². The topological polar surface area (TPSA) is 54.1 Å². The van der Waals surface area contributed by atoms with Gasteiger partial charge in [0.15, 0.2) is 0 Å². The van der Waals surface area contributed by atoms with Gasteiger partial charge >= 0.3 is 0 Å². The highest BCUT2D eigenvalue weighted by Gasteiger charge is 2.17. The van der Waals surface area contributed by atoms with Crippen LogP contribution in [0, 0.1) is 0 Å². The number of anilines is 1. The average Bonchev–Trinajstić information content (AvgIpc) is 2.65. The molecule has 8 heteroatoms. The number of nitrogens with zero attached hydrogens (tertiary/aromatic N) is 3. The molecule has 0 unspecified atom stereocenters. The largest absolute Gasteiger partial charge is 0.490 e. The second kappa shape index (κ2) is 9.78. The van der Waals surface area contributed by atoms with E-state index in [4.69, 9.17) is 22.2 Å². The Morgan fingerprint density at radius 1 is 1.07 bits per heavy atom. The number of rotatable bonds is 6. The average molecular weight is 517 g/mol. The Morgan fingerprint density at radius 2 is 1.70 bits per heavy atom. The Hall–Kier alpha value is -1.28. The van der Waals surface area contributed by atoms with Crippen LogP contribution in [-0.4, -0.2) is 50.4 Å². The van der Waals surface area contributed by atoms with Crippen LogP contribution in [-0.2, 0) is 0 Å². The van der Waals surface area contributed by atoms with Crippen molar-refractivity contribution in [3.63, 3.8) is 0 Å². The number of hydrazone groups is 1. The van der Waals surface area contributed by atoms with E-state index in [9.17, 15) is 0 Å². The molecule has 0 spiro atoms. The summed E-state index contributed by atoms with van der Waals surface area (Å²) in [6.45, 7) is 5.55. The number of hydrogen-bond donors (Lipinski definition) is 1. The molecule has 1 fully saturated rings. The Labute approximate surface area is 181 Å². The van der Waals surface area contributed by atoms with Gasteiger partial charge < -0.3 is 15.5 Å². The molecule has 1 aliphatic heterocycles. The highest BCUT2D eigenvalue weighted by Crippen LogP contribution is 2.34. The first-order valence-electron chi connectivity index (χ1n) is 8.65. The molecule has 0 bridgehead atoms. The maximum atomic E-state index is 5.99. The third kappa shape index (κ3) is 5.60. The minimum atomic E-state index is 0.627. The SMILES string of the molecule is NN=Cc1cc(Br)c(OCCN2CCN(c3ccc(Cl)cc3)CC2)c(Br)c1. The molecule has 3 rings (SSSR count). The second-order valence-electron chi connectivity index (χ2n) is 6.25. The maximum absolute atomic E-state index is 5.99. The van der Waals surface area contributed by atoms with Crippen molar-refractivity contribution < 1.29 is 4.74 Å². The summed E-state index contributed by atoms with van der Waals surface area (Å²) in [5.41, 5.74) is 2.13. The van der Waals surface area contributed by atoms with E-state index in [0.717, 1.165) is 58.0 Å². The minimum Gasteiger partial charge on any atom is -0.490 e. The lowest BCUT2D eigenvalue weighted by Gasteiger charge is -2.36. The first-order valence-corrected chi connectivity index (χ1v) is 10.6. The third-order valence-corrected chi connectivity index (χ3v) is 5.89. The quantitative estimate of drug-likeness (QED) is 0.352. The molecule has 1 saturated heterocycles. The number of piperazine rings is 1. The molecule has 0 aliphatic carbocycles. The zero-order valence-electron chi connectivity index (χ0n) is 14.7. The lowest BCUT2D eigenvalue weighted by molar-refractivity contribution is 0.199. The van der Waals surface area contributed by atoms with Gasteiger partial charge in [0.2, 0.25) is 0 Å². The molecule has 5 nitrogen and oxygen atoms in total. The third-order valence-electron chi connectivity index (χ3n) is 4.46. The van der Waals surface area contributed by atoms with Gasteiger partial charge in [-0.1, -0.05) is 11.6 Å². The molecule has 0 radical (unpaired) electrons. The predicted octanol–water partition coefficient (Wildman–Crippen LogP) is 4.36. The molecule has 2 aromatic rings. The van der Waals surface area contributed by atoms with Gasteiger partial charge in [-0.2, -0.15) is 5.10 Å². The number of halogens is 3. The van der Waals surface area contributed by atoms with Crippen molar-refractivity contribution in [1.29, 1.82) is 0 Å². The summed E-state index contributed by atoms with van der Waals surface area (Å²) in [4.78, 5) is 4.81. The van der Waals surface area contributed by atoms with Gasteiger partial charge in [-0.15, -0.1) is 0 Å². The van der Waals surface area contributed by atoms with E-state index >= 15 is 0 Å². The van der Waals surface area contributed by atoms with Crippen LogP contribution in [0.4, 0.5) is 5.69 Å². The monoisotopic (exact) mass is 514 g/mol. The number of nitrogens with two attached hydrogens (primary N) is 1. The smallest absolute Gasteiger partial charge is 0.147 e. The molecule has 0 aromatic heterocycles. The Bertz CT molecular complexity index is 770. The number of benzene rings is 2. The van der Waals surface area contributed by atoms with Gasteiger partial charge in [-0.05, 0) is 73.8 Å². The van der Waals surface area contributed by atoms with Crippen LogP contribution >= 0.6 is 43.5 Å². The van der Waals surface area contributed by atoms with Gasteiger partial charge in [-0.25, -0.2) is 0 Å². The highest BCUT2D eigenvalue weighted by atomic mass is 79.9. The first kappa shape index (κ1) is 20.5. The molecule has 0 atom stereocenters. The number of hydrogen-bond acceptors (Lipinski definition) is 5.